The first kappa shape index (κ1) is 18.3. The topological polar surface area (TPSA) is 63.2 Å². The van der Waals surface area contributed by atoms with Crippen molar-refractivity contribution in [3.05, 3.63) is 100 Å². The molecule has 3 aromatic carbocycles. The Bertz CT molecular complexity index is 1370. The van der Waals surface area contributed by atoms with Gasteiger partial charge in [-0.1, -0.05) is 42.5 Å². The molecule has 29 heavy (non-hydrogen) atoms. The summed E-state index contributed by atoms with van der Waals surface area (Å²) >= 11 is 0. The van der Waals surface area contributed by atoms with Crippen molar-refractivity contribution in [2.24, 2.45) is 0 Å². The number of para-hydroxylation sites is 2. The molecule has 0 bridgehead atoms. The first-order chi connectivity index (χ1) is 14.2. The molecule has 4 nitrogen and oxygen atoms in total. The van der Waals surface area contributed by atoms with Gasteiger partial charge in [-0.3, -0.25) is 4.79 Å². The molecule has 4 rings (SSSR count). The molecule has 0 amide bonds. The largest absolute Gasteiger partial charge is 0.496 e. The third-order valence-electron chi connectivity index (χ3n) is 4.68. The van der Waals surface area contributed by atoms with Gasteiger partial charge in [0.25, 0.3) is 0 Å². The lowest BCUT2D eigenvalue weighted by molar-refractivity contribution is 0.414. The van der Waals surface area contributed by atoms with E-state index in [1.807, 2.05) is 36.4 Å². The summed E-state index contributed by atoms with van der Waals surface area (Å²) in [5.74, 6) is 0.755. The van der Waals surface area contributed by atoms with Gasteiger partial charge in [0.1, 0.15) is 16.9 Å². The summed E-state index contributed by atoms with van der Waals surface area (Å²) in [6.07, 6.45) is 5.39. The van der Waals surface area contributed by atoms with Gasteiger partial charge in [0, 0.05) is 5.56 Å². The number of hydrogen-bond donors (Lipinski definition) is 0. The number of methoxy groups -OCH3 is 1. The van der Waals surface area contributed by atoms with Gasteiger partial charge in [0.2, 0.25) is 5.43 Å². The maximum absolute atomic E-state index is 12.8. The monoisotopic (exact) mass is 379 g/mol. The van der Waals surface area contributed by atoms with Gasteiger partial charge in [-0.2, -0.15) is 5.26 Å². The number of allylic oxidation sites excluding steroid dienone is 3. The van der Waals surface area contributed by atoms with Crippen molar-refractivity contribution in [1.82, 2.24) is 0 Å². The number of fused-ring (bicyclic) bond motifs is 2. The molecule has 0 saturated heterocycles. The Morgan fingerprint density at radius 1 is 1.00 bits per heavy atom. The Balaban J connectivity index is 1.75. The van der Waals surface area contributed by atoms with Crippen molar-refractivity contribution in [3.8, 4) is 11.8 Å². The minimum absolute atomic E-state index is 0.106. The molecular weight excluding hydrogens is 362 g/mol. The van der Waals surface area contributed by atoms with E-state index in [1.165, 1.54) is 0 Å². The van der Waals surface area contributed by atoms with Gasteiger partial charge >= 0.3 is 0 Å². The third kappa shape index (κ3) is 3.54. The van der Waals surface area contributed by atoms with Gasteiger partial charge in [0.05, 0.1) is 29.5 Å². The van der Waals surface area contributed by atoms with Gasteiger partial charge in [0.15, 0.2) is 0 Å². The average molecular weight is 379 g/mol. The highest BCUT2D eigenvalue weighted by Gasteiger charge is 2.09. The van der Waals surface area contributed by atoms with E-state index in [4.69, 9.17) is 9.15 Å². The van der Waals surface area contributed by atoms with Gasteiger partial charge in [-0.15, -0.1) is 0 Å². The highest BCUT2D eigenvalue weighted by molar-refractivity contribution is 5.92. The Morgan fingerprint density at radius 2 is 1.76 bits per heavy atom. The molecule has 0 fully saturated rings. The Labute approximate surface area is 167 Å². The predicted molar refractivity (Wildman–Crippen MR) is 116 cm³/mol. The summed E-state index contributed by atoms with van der Waals surface area (Å²) in [5, 5.41) is 10.6. The second-order valence-corrected chi connectivity index (χ2v) is 6.43. The number of nitrogens with zero attached hydrogens (tertiary/aromatic N) is 1. The number of hydrogen-bond acceptors (Lipinski definition) is 4. The van der Waals surface area contributed by atoms with Crippen LogP contribution in [0.4, 0.5) is 0 Å². The third-order valence-corrected chi connectivity index (χ3v) is 4.68. The molecule has 0 saturated carbocycles. The van der Waals surface area contributed by atoms with Gasteiger partial charge in [-0.25, -0.2) is 0 Å². The number of ether oxygens (including phenoxy) is 1. The fourth-order valence-corrected chi connectivity index (χ4v) is 3.22. The van der Waals surface area contributed by atoms with Gasteiger partial charge < -0.3 is 9.15 Å². The average Bonchev–Trinajstić information content (AvgIpc) is 2.77. The molecule has 0 radical (unpaired) electrons. The highest BCUT2D eigenvalue weighted by Crippen LogP contribution is 2.23. The lowest BCUT2D eigenvalue weighted by atomic mass is 10.0. The number of benzene rings is 3. The summed E-state index contributed by atoms with van der Waals surface area (Å²) in [7, 11) is 1.62. The minimum Gasteiger partial charge on any atom is -0.496 e. The van der Waals surface area contributed by atoms with Crippen LogP contribution in [0.1, 0.15) is 11.1 Å². The molecule has 0 aliphatic heterocycles. The van der Waals surface area contributed by atoms with Crippen LogP contribution >= 0.6 is 0 Å². The molecule has 0 spiro atoms. The summed E-state index contributed by atoms with van der Waals surface area (Å²) in [6.45, 7) is 0. The molecule has 4 aromatic rings. The van der Waals surface area contributed by atoms with E-state index in [0.717, 1.165) is 11.3 Å². The number of rotatable bonds is 4. The lowest BCUT2D eigenvalue weighted by Gasteiger charge is -2.04. The fraction of sp³-hybridized carbons (Fsp3) is 0.0400. The fourth-order valence-electron chi connectivity index (χ4n) is 3.22. The van der Waals surface area contributed by atoms with Gasteiger partial charge in [-0.05, 0) is 48.0 Å². The normalized spacial score (nSPS) is 11.8. The van der Waals surface area contributed by atoms with E-state index in [1.54, 1.807) is 55.7 Å². The minimum atomic E-state index is -0.106. The van der Waals surface area contributed by atoms with Crippen LogP contribution in [0.5, 0.6) is 5.75 Å². The molecule has 0 unspecified atom stereocenters. The van der Waals surface area contributed by atoms with E-state index in [9.17, 15) is 10.1 Å². The van der Waals surface area contributed by atoms with E-state index in [0.29, 0.717) is 33.1 Å². The first-order valence-corrected chi connectivity index (χ1v) is 9.09. The van der Waals surface area contributed by atoms with Crippen molar-refractivity contribution in [1.29, 1.82) is 5.26 Å². The molecule has 1 aromatic heterocycles. The number of nitriles is 1. The second kappa shape index (κ2) is 7.87. The zero-order valence-electron chi connectivity index (χ0n) is 15.8. The van der Waals surface area contributed by atoms with Crippen LogP contribution in [0.3, 0.4) is 0 Å². The second-order valence-electron chi connectivity index (χ2n) is 6.43. The van der Waals surface area contributed by atoms with Crippen molar-refractivity contribution < 1.29 is 9.15 Å². The summed E-state index contributed by atoms with van der Waals surface area (Å²) in [5.41, 5.74) is 2.96. The molecule has 0 N–H and O–H groups in total. The van der Waals surface area contributed by atoms with Crippen LogP contribution < -0.4 is 10.2 Å². The maximum atomic E-state index is 12.8. The molecular formula is C25H17NO3. The van der Waals surface area contributed by atoms with Crippen molar-refractivity contribution in [2.75, 3.05) is 7.11 Å². The van der Waals surface area contributed by atoms with Crippen molar-refractivity contribution in [3.63, 3.8) is 0 Å². The highest BCUT2D eigenvalue weighted by atomic mass is 16.5. The molecule has 4 heteroatoms. The molecule has 140 valence electrons. The standard InChI is InChI=1S/C25H17NO3/c1-28-22-11-4-2-7-17(22)8-6-9-19(16-26)18-13-14-24-21(15-18)25(27)20-10-3-5-12-23(20)29-24/h2-15H,1H3/b8-6+,19-9-. The van der Waals surface area contributed by atoms with Crippen LogP contribution in [-0.2, 0) is 0 Å². The zero-order valence-corrected chi connectivity index (χ0v) is 15.8. The van der Waals surface area contributed by atoms with E-state index < -0.39 is 0 Å². The van der Waals surface area contributed by atoms with E-state index in [-0.39, 0.29) is 5.43 Å². The smallest absolute Gasteiger partial charge is 0.200 e. The summed E-state index contributed by atoms with van der Waals surface area (Å²) < 4.78 is 11.2. The molecule has 0 aliphatic carbocycles. The first-order valence-electron chi connectivity index (χ1n) is 9.09. The lowest BCUT2D eigenvalue weighted by Crippen LogP contribution is -2.02. The van der Waals surface area contributed by atoms with E-state index in [2.05, 4.69) is 6.07 Å². The van der Waals surface area contributed by atoms with Crippen molar-refractivity contribution >= 4 is 33.6 Å². The molecule has 0 aliphatic rings. The van der Waals surface area contributed by atoms with Crippen molar-refractivity contribution in [2.45, 2.75) is 0 Å². The summed E-state index contributed by atoms with van der Waals surface area (Å²) in [4.78, 5) is 12.8. The maximum Gasteiger partial charge on any atom is 0.200 e. The van der Waals surface area contributed by atoms with Crippen LogP contribution in [0, 0.1) is 11.3 Å². The predicted octanol–water partition coefficient (Wildman–Crippen LogP) is 5.58. The van der Waals surface area contributed by atoms with Crippen LogP contribution in [0.25, 0.3) is 33.6 Å². The SMILES string of the molecule is COc1ccccc1/C=C/C=C(/C#N)c1ccc2oc3ccccc3c(=O)c2c1. The Kier molecular flexibility index (Phi) is 4.96. The van der Waals surface area contributed by atoms with Crippen LogP contribution in [-0.4, -0.2) is 7.11 Å². The quantitative estimate of drug-likeness (QED) is 0.264. The Morgan fingerprint density at radius 3 is 2.59 bits per heavy atom. The summed E-state index contributed by atoms with van der Waals surface area (Å²) in [6, 6.07) is 22.2. The Hall–Kier alpha value is -4.10. The zero-order chi connectivity index (χ0) is 20.2. The van der Waals surface area contributed by atoms with E-state index >= 15 is 0 Å². The molecule has 0 atom stereocenters. The van der Waals surface area contributed by atoms with Crippen LogP contribution in [0.15, 0.2) is 88.1 Å². The van der Waals surface area contributed by atoms with Crippen LogP contribution in [0.2, 0.25) is 0 Å². The molecule has 1 heterocycles.